The Hall–Kier alpha value is -1.50. The van der Waals surface area contributed by atoms with Crippen LogP contribution < -0.4 is 17.0 Å². The Bertz CT molecular complexity index is 323. The predicted octanol–water partition coefficient (Wildman–Crippen LogP) is 1.11. The Morgan fingerprint density at radius 2 is 1.31 bits per heavy atom. The second-order valence-corrected chi connectivity index (χ2v) is 2.19. The summed E-state index contributed by atoms with van der Waals surface area (Å²) in [6.07, 6.45) is 0. The van der Waals surface area contributed by atoms with Crippen LogP contribution in [-0.4, -0.2) is 0 Å². The molecule has 72 valence electrons. The molecule has 5 N–H and O–H groups in total. The molecule has 0 unspecified atom stereocenters. The van der Waals surface area contributed by atoms with Crippen LogP contribution in [0.5, 0.6) is 0 Å². The van der Waals surface area contributed by atoms with Gasteiger partial charge in [0.2, 0.25) is 0 Å². The van der Waals surface area contributed by atoms with Gasteiger partial charge in [-0.05, 0) is 0 Å². The first kappa shape index (κ1) is 9.59. The van der Waals surface area contributed by atoms with E-state index in [1.54, 1.807) is 5.43 Å². The molecule has 0 spiro atoms. The third-order valence-corrected chi connectivity index (χ3v) is 1.45. The van der Waals surface area contributed by atoms with Crippen LogP contribution in [0.3, 0.4) is 0 Å². The minimum Gasteiger partial charge on any atom is -0.394 e. The molecular formula is C6H5F4N3. The average molecular weight is 195 g/mol. The van der Waals surface area contributed by atoms with Gasteiger partial charge >= 0.3 is 0 Å². The fourth-order valence-electron chi connectivity index (χ4n) is 0.790. The molecule has 0 aliphatic carbocycles. The summed E-state index contributed by atoms with van der Waals surface area (Å²) in [5.41, 5.74) is 4.81. The Kier molecular flexibility index (Phi) is 2.28. The number of benzene rings is 1. The second-order valence-electron chi connectivity index (χ2n) is 2.19. The van der Waals surface area contributed by atoms with Crippen LogP contribution >= 0.6 is 0 Å². The summed E-state index contributed by atoms with van der Waals surface area (Å²) in [6.45, 7) is 0. The summed E-state index contributed by atoms with van der Waals surface area (Å²) in [6, 6.07) is 0. The van der Waals surface area contributed by atoms with Crippen LogP contribution in [0.15, 0.2) is 0 Å². The Balaban J connectivity index is 3.56. The highest BCUT2D eigenvalue weighted by Crippen LogP contribution is 2.29. The maximum Gasteiger partial charge on any atom is 0.199 e. The Morgan fingerprint density at radius 1 is 0.846 bits per heavy atom. The minimum atomic E-state index is -1.96. The van der Waals surface area contributed by atoms with Gasteiger partial charge in [-0.1, -0.05) is 0 Å². The van der Waals surface area contributed by atoms with Crippen molar-refractivity contribution in [1.29, 1.82) is 0 Å². The van der Waals surface area contributed by atoms with Crippen LogP contribution in [0, 0.1) is 23.3 Å². The van der Waals surface area contributed by atoms with Gasteiger partial charge in [0.05, 0.1) is 5.69 Å². The lowest BCUT2D eigenvalue weighted by molar-refractivity contribution is 0.413. The number of nitrogens with one attached hydrogen (secondary N) is 1. The fourth-order valence-corrected chi connectivity index (χ4v) is 0.790. The number of nitrogens with two attached hydrogens (primary N) is 2. The van der Waals surface area contributed by atoms with E-state index in [0.29, 0.717) is 0 Å². The molecule has 0 heterocycles. The number of halogens is 4. The van der Waals surface area contributed by atoms with E-state index < -0.39 is 34.6 Å². The molecule has 0 bridgehead atoms. The standard InChI is InChI=1S/C6H5F4N3/c7-1-2(8)4(10)6(13-12)5(11)3(1)9/h13H,11-12H2. The molecule has 3 nitrogen and oxygen atoms in total. The number of hydrazine groups is 1. The van der Waals surface area contributed by atoms with Gasteiger partial charge in [-0.3, -0.25) is 5.84 Å². The van der Waals surface area contributed by atoms with Gasteiger partial charge in [-0.2, -0.15) is 0 Å². The summed E-state index contributed by atoms with van der Waals surface area (Å²) >= 11 is 0. The highest BCUT2D eigenvalue weighted by atomic mass is 19.2. The van der Waals surface area contributed by atoms with E-state index in [-0.39, 0.29) is 0 Å². The van der Waals surface area contributed by atoms with Crippen LogP contribution in [-0.2, 0) is 0 Å². The first-order valence-corrected chi connectivity index (χ1v) is 3.08. The van der Waals surface area contributed by atoms with Crippen molar-refractivity contribution in [3.8, 4) is 0 Å². The minimum absolute atomic E-state index is 0.809. The number of nitrogen functional groups attached to an aromatic ring is 2. The van der Waals surface area contributed by atoms with Crippen molar-refractivity contribution < 1.29 is 17.6 Å². The molecule has 0 radical (unpaired) electrons. The van der Waals surface area contributed by atoms with Gasteiger partial charge in [0.15, 0.2) is 23.3 Å². The van der Waals surface area contributed by atoms with Crippen molar-refractivity contribution in [2.24, 2.45) is 5.84 Å². The third-order valence-electron chi connectivity index (χ3n) is 1.45. The van der Waals surface area contributed by atoms with E-state index in [1.807, 2.05) is 0 Å². The summed E-state index contributed by atoms with van der Waals surface area (Å²) in [7, 11) is 0. The SMILES string of the molecule is NNc1c(N)c(F)c(F)c(F)c1F. The monoisotopic (exact) mass is 195 g/mol. The van der Waals surface area contributed by atoms with Crippen LogP contribution in [0.25, 0.3) is 0 Å². The van der Waals surface area contributed by atoms with Gasteiger partial charge in [0.25, 0.3) is 0 Å². The molecule has 0 amide bonds. The summed E-state index contributed by atoms with van der Waals surface area (Å²) < 4.78 is 50.2. The summed E-state index contributed by atoms with van der Waals surface area (Å²) in [4.78, 5) is 0. The quantitative estimate of drug-likeness (QED) is 0.157. The maximum atomic E-state index is 12.7. The number of rotatable bonds is 1. The van der Waals surface area contributed by atoms with E-state index in [9.17, 15) is 17.6 Å². The molecule has 0 aliphatic rings. The first-order chi connectivity index (χ1) is 6.00. The molecule has 0 fully saturated rings. The largest absolute Gasteiger partial charge is 0.394 e. The van der Waals surface area contributed by atoms with Crippen molar-refractivity contribution in [3.63, 3.8) is 0 Å². The van der Waals surface area contributed by atoms with Crippen molar-refractivity contribution in [1.82, 2.24) is 0 Å². The first-order valence-electron chi connectivity index (χ1n) is 3.08. The number of anilines is 2. The van der Waals surface area contributed by atoms with Gasteiger partial charge in [-0.25, -0.2) is 17.6 Å². The lowest BCUT2D eigenvalue weighted by atomic mass is 10.2. The predicted molar refractivity (Wildman–Crippen MR) is 38.5 cm³/mol. The molecule has 0 saturated heterocycles. The van der Waals surface area contributed by atoms with Gasteiger partial charge in [0, 0.05) is 0 Å². The van der Waals surface area contributed by atoms with Crippen molar-refractivity contribution in [2.75, 3.05) is 11.2 Å². The Morgan fingerprint density at radius 3 is 1.77 bits per heavy atom. The van der Waals surface area contributed by atoms with E-state index >= 15 is 0 Å². The fraction of sp³-hybridized carbons (Fsp3) is 0. The Labute approximate surface area is 70.3 Å². The van der Waals surface area contributed by atoms with Crippen molar-refractivity contribution >= 4 is 11.4 Å². The molecular weight excluding hydrogens is 190 g/mol. The smallest absolute Gasteiger partial charge is 0.199 e. The van der Waals surface area contributed by atoms with Gasteiger partial charge in [0.1, 0.15) is 5.69 Å². The number of hydrogen-bond acceptors (Lipinski definition) is 3. The zero-order valence-electron chi connectivity index (χ0n) is 6.17. The normalized spacial score (nSPS) is 10.2. The molecule has 1 aromatic carbocycles. The van der Waals surface area contributed by atoms with Crippen LogP contribution in [0.4, 0.5) is 28.9 Å². The van der Waals surface area contributed by atoms with Crippen molar-refractivity contribution in [3.05, 3.63) is 23.3 Å². The van der Waals surface area contributed by atoms with E-state index in [1.165, 1.54) is 0 Å². The van der Waals surface area contributed by atoms with E-state index in [0.717, 1.165) is 0 Å². The maximum absolute atomic E-state index is 12.7. The van der Waals surface area contributed by atoms with Crippen LogP contribution in [0.2, 0.25) is 0 Å². The third kappa shape index (κ3) is 1.26. The topological polar surface area (TPSA) is 64.1 Å². The summed E-state index contributed by atoms with van der Waals surface area (Å²) in [5, 5.41) is 0. The highest BCUT2D eigenvalue weighted by molar-refractivity contribution is 5.67. The zero-order valence-corrected chi connectivity index (χ0v) is 6.17. The van der Waals surface area contributed by atoms with Crippen molar-refractivity contribution in [2.45, 2.75) is 0 Å². The lowest BCUT2D eigenvalue weighted by Crippen LogP contribution is -2.14. The molecule has 0 aliphatic heterocycles. The molecule has 0 atom stereocenters. The molecule has 7 heteroatoms. The van der Waals surface area contributed by atoms with Gasteiger partial charge in [-0.15, -0.1) is 0 Å². The number of hydrogen-bond donors (Lipinski definition) is 3. The highest BCUT2D eigenvalue weighted by Gasteiger charge is 2.22. The average Bonchev–Trinajstić information content (AvgIpc) is 2.13. The molecule has 1 aromatic rings. The zero-order chi connectivity index (χ0) is 10.2. The van der Waals surface area contributed by atoms with E-state index in [4.69, 9.17) is 11.6 Å². The molecule has 0 saturated carbocycles. The lowest BCUT2D eigenvalue weighted by Gasteiger charge is -2.08. The summed E-state index contributed by atoms with van der Waals surface area (Å²) in [5.74, 6) is -2.54. The molecule has 0 aromatic heterocycles. The van der Waals surface area contributed by atoms with Gasteiger partial charge < -0.3 is 11.2 Å². The molecule has 13 heavy (non-hydrogen) atoms. The van der Waals surface area contributed by atoms with Crippen LogP contribution in [0.1, 0.15) is 0 Å². The van der Waals surface area contributed by atoms with E-state index in [2.05, 4.69) is 0 Å². The second kappa shape index (κ2) is 3.09. The molecule has 1 rings (SSSR count).